The van der Waals surface area contributed by atoms with Crippen LogP contribution in [0.3, 0.4) is 0 Å². The second kappa shape index (κ2) is 9.23. The van der Waals surface area contributed by atoms with Gasteiger partial charge >= 0.3 is 0 Å². The summed E-state index contributed by atoms with van der Waals surface area (Å²) in [6.45, 7) is 11.1. The van der Waals surface area contributed by atoms with E-state index in [2.05, 4.69) is 20.8 Å². The Morgan fingerprint density at radius 1 is 1.21 bits per heavy atom. The molecule has 0 N–H and O–H groups in total. The number of aromatic nitrogens is 4. The maximum absolute atomic E-state index is 13.9. The van der Waals surface area contributed by atoms with Crippen LogP contribution in [-0.4, -0.2) is 39.7 Å². The molecule has 0 bridgehead atoms. The third-order valence-electron chi connectivity index (χ3n) is 4.51. The molecule has 0 saturated heterocycles. The molecule has 29 heavy (non-hydrogen) atoms. The molecule has 0 atom stereocenters. The summed E-state index contributed by atoms with van der Waals surface area (Å²) >= 11 is 1.45. The van der Waals surface area contributed by atoms with E-state index in [0.717, 1.165) is 34.8 Å². The minimum absolute atomic E-state index is 0. The fourth-order valence-electron chi connectivity index (χ4n) is 2.94. The van der Waals surface area contributed by atoms with Crippen LogP contribution >= 0.6 is 11.8 Å². The van der Waals surface area contributed by atoms with Gasteiger partial charge in [-0.25, -0.2) is 19.3 Å². The van der Waals surface area contributed by atoms with Crippen LogP contribution in [-0.2, 0) is 19.2 Å². The van der Waals surface area contributed by atoms with Gasteiger partial charge in [0.2, 0.25) is 0 Å². The summed E-state index contributed by atoms with van der Waals surface area (Å²) in [4.78, 5) is 16.1. The SMILES string of the molecule is [CH2-]CN(C[CH2-])c1nc(SCc2ccc(OC)c(F)c2)nc2c1nc(CC)n2C.[No]. The molecule has 9 heteroatoms. The summed E-state index contributed by atoms with van der Waals surface area (Å²) in [5, 5.41) is 0.608. The van der Waals surface area contributed by atoms with Gasteiger partial charge < -0.3 is 28.1 Å². The summed E-state index contributed by atoms with van der Waals surface area (Å²) in [7, 11) is 3.41. The molecular weight excluding hydrogens is 636 g/mol. The predicted octanol–water partition coefficient (Wildman–Crippen LogP) is 3.84. The number of benzene rings is 1. The fraction of sp³-hybridized carbons (Fsp3) is 0.350. The molecule has 6 nitrogen and oxygen atoms in total. The van der Waals surface area contributed by atoms with E-state index in [9.17, 15) is 4.39 Å². The summed E-state index contributed by atoms with van der Waals surface area (Å²) in [6.07, 6.45) is 0.800. The van der Waals surface area contributed by atoms with Gasteiger partial charge in [0.15, 0.2) is 33.7 Å². The van der Waals surface area contributed by atoms with E-state index < -0.39 is 0 Å². The number of ether oxygens (including phenoxy) is 1. The molecule has 164 valence electrons. The van der Waals surface area contributed by atoms with E-state index in [1.807, 2.05) is 22.6 Å². The van der Waals surface area contributed by atoms with Gasteiger partial charge in [0, 0.05) is 19.2 Å². The van der Waals surface area contributed by atoms with Crippen molar-refractivity contribution in [1.82, 2.24) is 19.5 Å². The molecule has 2 heterocycles. The van der Waals surface area contributed by atoms with Crippen LogP contribution in [0.25, 0.3) is 11.2 Å². The quantitative estimate of drug-likeness (QED) is 0.208. The van der Waals surface area contributed by atoms with Gasteiger partial charge in [-0.1, -0.05) is 24.8 Å². The largest absolute Gasteiger partial charge is 0.494 e. The summed E-state index contributed by atoms with van der Waals surface area (Å²) < 4.78 is 20.9. The van der Waals surface area contributed by atoms with Crippen molar-refractivity contribution in [3.8, 4) is 5.75 Å². The topological polar surface area (TPSA) is 56.1 Å². The second-order valence-electron chi connectivity index (χ2n) is 6.19. The number of anilines is 1. The molecule has 0 amide bonds. The molecule has 0 aliphatic carbocycles. The average molecular weight is 661 g/mol. The van der Waals surface area contributed by atoms with Crippen LogP contribution in [0.2, 0.25) is 0 Å². The van der Waals surface area contributed by atoms with Crippen LogP contribution in [0.5, 0.6) is 5.75 Å². The van der Waals surface area contributed by atoms with Gasteiger partial charge in [0.05, 0.1) is 7.11 Å². The number of nitrogens with zero attached hydrogens (tertiary/aromatic N) is 5. The maximum Gasteiger partial charge on any atom is 0.191 e. The molecule has 0 aliphatic heterocycles. The fourth-order valence-corrected chi connectivity index (χ4v) is 3.72. The van der Waals surface area contributed by atoms with Crippen molar-refractivity contribution in [2.75, 3.05) is 25.1 Å². The van der Waals surface area contributed by atoms with Crippen LogP contribution < -0.4 is 9.64 Å². The summed E-state index contributed by atoms with van der Waals surface area (Å²) in [6, 6.07) is 4.94. The van der Waals surface area contributed by atoms with E-state index in [1.165, 1.54) is 24.9 Å². The van der Waals surface area contributed by atoms with E-state index in [-0.39, 0.29) is 11.6 Å². The Hall–Kier alpha value is -3.35. The predicted molar refractivity (Wildman–Crippen MR) is 111 cm³/mol. The Balaban J connectivity index is 0.00000300. The van der Waals surface area contributed by atoms with Crippen LogP contribution in [0.1, 0.15) is 18.3 Å². The Kier molecular flexibility index (Phi) is 6.98. The third kappa shape index (κ3) is 4.23. The number of imidazole rings is 1. The Morgan fingerprint density at radius 2 is 1.93 bits per heavy atom. The van der Waals surface area contributed by atoms with Crippen molar-refractivity contribution in [3.05, 3.63) is 49.3 Å². The van der Waals surface area contributed by atoms with Crippen molar-refractivity contribution >= 4 is 28.7 Å². The smallest absolute Gasteiger partial charge is 0.191 e. The first kappa shape index (κ1) is 21.9. The monoisotopic (exact) mass is 660 g/mol. The molecule has 1 aromatic carbocycles. The van der Waals surface area contributed by atoms with Crippen LogP contribution in [0, 0.1) is 19.7 Å². The number of thioether (sulfide) groups is 1. The summed E-state index contributed by atoms with van der Waals surface area (Å²) in [5.41, 5.74) is 2.36. The number of halogens is 1. The molecule has 0 unspecified atom stereocenters. The standard InChI is InChI=1S/C20H24FN5OS.No/c1-6-16-22-17-18(25(16)4)23-20(24-19(17)26(7-2)8-3)28-12-13-9-10-15(27-5)14(21)11-13;/h9-11H,2-3,6-8,12H2,1,4-5H3;/q-2;. The number of fused-ring (bicyclic) bond motifs is 1. The number of aryl methyl sites for hydroxylation is 2. The van der Waals surface area contributed by atoms with E-state index in [4.69, 9.17) is 19.7 Å². The molecule has 3 rings (SSSR count). The van der Waals surface area contributed by atoms with E-state index >= 15 is 0 Å². The second-order valence-corrected chi connectivity index (χ2v) is 7.13. The molecule has 0 fully saturated rings. The zero-order valence-electron chi connectivity index (χ0n) is 16.7. The van der Waals surface area contributed by atoms with Crippen LogP contribution in [0.15, 0.2) is 23.4 Å². The zero-order chi connectivity index (χ0) is 20.3. The van der Waals surface area contributed by atoms with Gasteiger partial charge in [-0.3, -0.25) is 0 Å². The Labute approximate surface area is 169 Å². The third-order valence-corrected chi connectivity index (χ3v) is 5.43. The molecule has 0 saturated carbocycles. The first-order valence-corrected chi connectivity index (χ1v) is 10.0. The minimum Gasteiger partial charge on any atom is -0.494 e. The normalized spacial score (nSPS) is 10.8. The van der Waals surface area contributed by atoms with Crippen molar-refractivity contribution in [3.63, 3.8) is 0 Å². The molecule has 0 aliphatic rings. The molecule has 0 radical (unpaired) electrons. The van der Waals surface area contributed by atoms with Crippen molar-refractivity contribution in [1.29, 1.82) is 0 Å². The number of hydrogen-bond donors (Lipinski definition) is 0. The Bertz CT molecular complexity index is 977. The first-order chi connectivity index (χ1) is 13.5. The van der Waals surface area contributed by atoms with Gasteiger partial charge in [-0.05, 0) is 17.7 Å². The zero-order valence-corrected chi connectivity index (χ0v) is 19.7. The Morgan fingerprint density at radius 3 is 2.52 bits per heavy atom. The first-order valence-electron chi connectivity index (χ1n) is 9.04. The van der Waals surface area contributed by atoms with Crippen molar-refractivity contribution in [2.45, 2.75) is 24.3 Å². The van der Waals surface area contributed by atoms with Gasteiger partial charge in [0.1, 0.15) is 5.82 Å². The maximum atomic E-state index is 13.9. The van der Waals surface area contributed by atoms with Gasteiger partial charge in [0.25, 0.3) is 0 Å². The van der Waals surface area contributed by atoms with E-state index in [0.29, 0.717) is 24.0 Å². The summed E-state index contributed by atoms with van der Waals surface area (Å²) in [5.74, 6) is 2.07. The number of methoxy groups -OCH3 is 1. The molecule has 0 spiro atoms. The average Bonchev–Trinajstić information content (AvgIpc) is 3.03. The molecule has 3 aromatic rings. The number of hydrogen-bond acceptors (Lipinski definition) is 6. The molecular formula is C20H24FN5NoOS-2. The van der Waals surface area contributed by atoms with Crippen molar-refractivity contribution < 1.29 is 9.13 Å². The minimum atomic E-state index is -0.378. The van der Waals surface area contributed by atoms with Gasteiger partial charge in [-0.15, -0.1) is 13.1 Å². The van der Waals surface area contributed by atoms with Gasteiger partial charge in [-0.2, -0.15) is 0 Å². The molecule has 2 aromatic heterocycles. The number of rotatable bonds is 8. The van der Waals surface area contributed by atoms with E-state index in [1.54, 1.807) is 6.07 Å². The van der Waals surface area contributed by atoms with Crippen LogP contribution in [0.4, 0.5) is 10.2 Å². The van der Waals surface area contributed by atoms with Crippen molar-refractivity contribution in [2.24, 2.45) is 7.05 Å².